The van der Waals surface area contributed by atoms with Gasteiger partial charge in [-0.3, -0.25) is 0 Å². The van der Waals surface area contributed by atoms with Crippen molar-refractivity contribution < 1.29 is 23.5 Å². The predicted molar refractivity (Wildman–Crippen MR) is 118 cm³/mol. The van der Waals surface area contributed by atoms with Crippen LogP contribution in [0.5, 0.6) is 17.2 Å². The summed E-state index contributed by atoms with van der Waals surface area (Å²) in [6, 6.07) is 12.5. The summed E-state index contributed by atoms with van der Waals surface area (Å²) in [5.41, 5.74) is 1.45. The van der Waals surface area contributed by atoms with Crippen LogP contribution in [0.3, 0.4) is 0 Å². The molecule has 9 heteroatoms. The Hall–Kier alpha value is -3.75. The number of ether oxygens (including phenoxy) is 3. The molecule has 3 aromatic rings. The van der Waals surface area contributed by atoms with Gasteiger partial charge in [0.15, 0.2) is 0 Å². The number of hydrogen-bond donors (Lipinski definition) is 1. The van der Waals surface area contributed by atoms with E-state index in [1.807, 2.05) is 24.3 Å². The maximum atomic E-state index is 12.9. The molecule has 32 heavy (non-hydrogen) atoms. The highest BCUT2D eigenvalue weighted by Gasteiger charge is 2.29. The summed E-state index contributed by atoms with van der Waals surface area (Å²) >= 11 is 0. The number of amides is 2. The summed E-state index contributed by atoms with van der Waals surface area (Å²) in [7, 11) is 4.76. The lowest BCUT2D eigenvalue weighted by atomic mass is 9.98. The highest BCUT2D eigenvalue weighted by Crippen LogP contribution is 2.30. The van der Waals surface area contributed by atoms with Crippen LogP contribution in [0.2, 0.25) is 0 Å². The number of methoxy groups -OCH3 is 3. The van der Waals surface area contributed by atoms with E-state index in [0.29, 0.717) is 42.0 Å². The van der Waals surface area contributed by atoms with Crippen molar-refractivity contribution in [2.24, 2.45) is 0 Å². The molecule has 4 rings (SSSR count). The van der Waals surface area contributed by atoms with Crippen LogP contribution >= 0.6 is 0 Å². The monoisotopic (exact) mass is 438 g/mol. The summed E-state index contributed by atoms with van der Waals surface area (Å²) in [5.74, 6) is 3.01. The molecule has 2 heterocycles. The molecule has 0 radical (unpaired) electrons. The molecule has 9 nitrogen and oxygen atoms in total. The molecule has 1 aliphatic rings. The van der Waals surface area contributed by atoms with Gasteiger partial charge in [-0.1, -0.05) is 5.16 Å². The standard InChI is InChI=1S/C23H26N4O5/c1-29-18-8-6-15(7-9-18)21-25-22(32-26-21)16-5-4-10-27(14-16)23(28)24-17-11-19(30-2)13-20(12-17)31-3/h6-9,11-13,16H,4-5,10,14H2,1-3H3,(H,24,28). The van der Waals surface area contributed by atoms with Gasteiger partial charge >= 0.3 is 6.03 Å². The first-order valence-corrected chi connectivity index (χ1v) is 10.4. The van der Waals surface area contributed by atoms with Gasteiger partial charge in [0.05, 0.1) is 27.2 Å². The fourth-order valence-electron chi connectivity index (χ4n) is 3.70. The van der Waals surface area contributed by atoms with Crippen LogP contribution in [0.25, 0.3) is 11.4 Å². The van der Waals surface area contributed by atoms with Gasteiger partial charge in [0.2, 0.25) is 11.7 Å². The Morgan fingerprint density at radius 1 is 1.03 bits per heavy atom. The third-order valence-electron chi connectivity index (χ3n) is 5.45. The van der Waals surface area contributed by atoms with Crippen LogP contribution in [-0.4, -0.2) is 55.5 Å². The zero-order valence-corrected chi connectivity index (χ0v) is 18.3. The number of rotatable bonds is 6. The molecule has 1 saturated heterocycles. The third-order valence-corrected chi connectivity index (χ3v) is 5.45. The van der Waals surface area contributed by atoms with Crippen molar-refractivity contribution >= 4 is 11.7 Å². The molecule has 2 amide bonds. The van der Waals surface area contributed by atoms with Crippen molar-refractivity contribution in [1.29, 1.82) is 0 Å². The van der Waals surface area contributed by atoms with Crippen molar-refractivity contribution in [2.45, 2.75) is 18.8 Å². The van der Waals surface area contributed by atoms with Gasteiger partial charge in [0.1, 0.15) is 17.2 Å². The lowest BCUT2D eigenvalue weighted by Gasteiger charge is -2.31. The van der Waals surface area contributed by atoms with E-state index in [2.05, 4.69) is 15.5 Å². The Kier molecular flexibility index (Phi) is 6.44. The number of anilines is 1. The second-order valence-corrected chi connectivity index (χ2v) is 7.50. The Bertz CT molecular complexity index is 1040. The van der Waals surface area contributed by atoms with E-state index in [9.17, 15) is 4.79 Å². The van der Waals surface area contributed by atoms with E-state index in [1.54, 1.807) is 44.4 Å². The first-order chi connectivity index (χ1) is 15.6. The van der Waals surface area contributed by atoms with Crippen molar-refractivity contribution in [2.75, 3.05) is 39.7 Å². The van der Waals surface area contributed by atoms with E-state index in [1.165, 1.54) is 0 Å². The van der Waals surface area contributed by atoms with Crippen LogP contribution < -0.4 is 19.5 Å². The lowest BCUT2D eigenvalue weighted by Crippen LogP contribution is -2.41. The van der Waals surface area contributed by atoms with E-state index < -0.39 is 0 Å². The van der Waals surface area contributed by atoms with Gasteiger partial charge in [-0.05, 0) is 37.1 Å². The number of aromatic nitrogens is 2. The fraction of sp³-hybridized carbons (Fsp3) is 0.348. The topological polar surface area (TPSA) is 99.0 Å². The second-order valence-electron chi connectivity index (χ2n) is 7.50. The normalized spacial score (nSPS) is 15.8. The van der Waals surface area contributed by atoms with Gasteiger partial charge < -0.3 is 29.0 Å². The Morgan fingerprint density at radius 2 is 1.72 bits per heavy atom. The summed E-state index contributed by atoms with van der Waals surface area (Å²) < 4.78 is 21.3. The predicted octanol–water partition coefficient (Wildman–Crippen LogP) is 4.17. The number of urea groups is 1. The maximum Gasteiger partial charge on any atom is 0.321 e. The molecule has 0 spiro atoms. The third kappa shape index (κ3) is 4.77. The molecule has 1 unspecified atom stereocenters. The average molecular weight is 438 g/mol. The number of likely N-dealkylation sites (tertiary alicyclic amines) is 1. The SMILES string of the molecule is COc1ccc(-c2noc(C3CCCN(C(=O)Nc4cc(OC)cc(OC)c4)C3)n2)cc1. The quantitative estimate of drug-likeness (QED) is 0.616. The molecule has 168 valence electrons. The van der Waals surface area contributed by atoms with E-state index in [0.717, 1.165) is 24.2 Å². The molecule has 2 aromatic carbocycles. The van der Waals surface area contributed by atoms with Crippen molar-refractivity contribution in [3.05, 3.63) is 48.4 Å². The summed E-state index contributed by atoms with van der Waals surface area (Å²) in [5, 5.41) is 7.04. The number of nitrogens with one attached hydrogen (secondary N) is 1. The first-order valence-electron chi connectivity index (χ1n) is 10.4. The molecule has 1 fully saturated rings. The molecule has 1 N–H and O–H groups in total. The van der Waals surface area contributed by atoms with Crippen LogP contribution in [0.15, 0.2) is 47.0 Å². The maximum absolute atomic E-state index is 12.9. The van der Waals surface area contributed by atoms with Crippen molar-refractivity contribution in [3.63, 3.8) is 0 Å². The summed E-state index contributed by atoms with van der Waals surface area (Å²) in [6.45, 7) is 1.15. The molecule has 1 atom stereocenters. The smallest absolute Gasteiger partial charge is 0.321 e. The minimum Gasteiger partial charge on any atom is -0.497 e. The van der Waals surface area contributed by atoms with Crippen molar-refractivity contribution in [3.8, 4) is 28.6 Å². The second kappa shape index (κ2) is 9.59. The molecule has 1 aliphatic heterocycles. The van der Waals surface area contributed by atoms with E-state index in [4.69, 9.17) is 18.7 Å². The molecular formula is C23H26N4O5. The Labute approximate surface area is 186 Å². The Morgan fingerprint density at radius 3 is 2.38 bits per heavy atom. The van der Waals surface area contributed by atoms with Gasteiger partial charge in [-0.25, -0.2) is 4.79 Å². The molecule has 0 saturated carbocycles. The number of nitrogens with zero attached hydrogens (tertiary/aromatic N) is 3. The van der Waals surface area contributed by atoms with Crippen molar-refractivity contribution in [1.82, 2.24) is 15.0 Å². The summed E-state index contributed by atoms with van der Waals surface area (Å²) in [6.07, 6.45) is 1.72. The lowest BCUT2D eigenvalue weighted by molar-refractivity contribution is 0.184. The van der Waals surface area contributed by atoms with Crippen LogP contribution in [-0.2, 0) is 0 Å². The number of benzene rings is 2. The molecule has 0 aliphatic carbocycles. The van der Waals surface area contributed by atoms with Crippen LogP contribution in [0.4, 0.5) is 10.5 Å². The van der Waals surface area contributed by atoms with Gasteiger partial charge in [-0.2, -0.15) is 4.98 Å². The van der Waals surface area contributed by atoms with Gasteiger partial charge in [0, 0.05) is 42.5 Å². The van der Waals surface area contributed by atoms with Gasteiger partial charge in [0.25, 0.3) is 0 Å². The highest BCUT2D eigenvalue weighted by atomic mass is 16.5. The number of piperidine rings is 1. The van der Waals surface area contributed by atoms with E-state index >= 15 is 0 Å². The van der Waals surface area contributed by atoms with E-state index in [-0.39, 0.29) is 11.9 Å². The fourth-order valence-corrected chi connectivity index (χ4v) is 3.70. The molecule has 1 aromatic heterocycles. The Balaban J connectivity index is 1.43. The van der Waals surface area contributed by atoms with Crippen LogP contribution in [0.1, 0.15) is 24.7 Å². The number of carbonyl (C=O) groups is 1. The first kappa shape index (κ1) is 21.5. The minimum absolute atomic E-state index is 0.0196. The minimum atomic E-state index is -0.195. The number of carbonyl (C=O) groups excluding carboxylic acids is 1. The molecular weight excluding hydrogens is 412 g/mol. The number of hydrogen-bond acceptors (Lipinski definition) is 7. The van der Waals surface area contributed by atoms with Gasteiger partial charge in [-0.15, -0.1) is 0 Å². The zero-order valence-electron chi connectivity index (χ0n) is 18.3. The highest BCUT2D eigenvalue weighted by molar-refractivity contribution is 5.90. The summed E-state index contributed by atoms with van der Waals surface area (Å²) in [4.78, 5) is 19.2. The average Bonchev–Trinajstić information content (AvgIpc) is 3.34. The zero-order chi connectivity index (χ0) is 22.5. The molecule has 0 bridgehead atoms. The largest absolute Gasteiger partial charge is 0.497 e. The van der Waals surface area contributed by atoms with Crippen LogP contribution in [0, 0.1) is 0 Å².